The lowest BCUT2D eigenvalue weighted by Gasteiger charge is -2.42. The summed E-state index contributed by atoms with van der Waals surface area (Å²) >= 11 is 0. The Morgan fingerprint density at radius 1 is 1.25 bits per heavy atom. The van der Waals surface area contributed by atoms with Gasteiger partial charge in [-0.1, -0.05) is 25.5 Å². The molecule has 24 heavy (non-hydrogen) atoms. The van der Waals surface area contributed by atoms with Crippen molar-refractivity contribution in [3.8, 4) is 0 Å². The molecule has 0 aromatic carbocycles. The summed E-state index contributed by atoms with van der Waals surface area (Å²) < 4.78 is 0. The minimum absolute atomic E-state index is 0.0289. The van der Waals surface area contributed by atoms with E-state index in [1.54, 1.807) is 0 Å². The zero-order valence-corrected chi connectivity index (χ0v) is 16.0. The van der Waals surface area contributed by atoms with E-state index in [0.717, 1.165) is 38.9 Å². The van der Waals surface area contributed by atoms with E-state index < -0.39 is 5.54 Å². The van der Waals surface area contributed by atoms with Gasteiger partial charge in [-0.3, -0.25) is 14.6 Å². The van der Waals surface area contributed by atoms with Gasteiger partial charge in [0.2, 0.25) is 0 Å². The van der Waals surface area contributed by atoms with Crippen molar-refractivity contribution in [3.63, 3.8) is 0 Å². The highest BCUT2D eigenvalue weighted by atomic mass is 16.2. The molecule has 2 rings (SSSR count). The number of piperidine rings is 1. The van der Waals surface area contributed by atoms with Crippen molar-refractivity contribution in [1.82, 2.24) is 14.7 Å². The lowest BCUT2D eigenvalue weighted by molar-refractivity contribution is -0.135. The maximum Gasteiger partial charge on any atom is 0.327 e. The Bertz CT molecular complexity index is 505. The molecule has 2 saturated heterocycles. The SMILES string of the molecule is C/C=C(\C)CN1CCC2(CC1)C(=O)N(CC)C(=O)N2CCC(C)C. The number of carbonyl (C=O) groups excluding carboxylic acids is 2. The van der Waals surface area contributed by atoms with E-state index in [1.165, 1.54) is 10.5 Å². The van der Waals surface area contributed by atoms with Crippen LogP contribution in [-0.4, -0.2) is 64.9 Å². The van der Waals surface area contributed by atoms with Crippen LogP contribution < -0.4 is 0 Å². The van der Waals surface area contributed by atoms with Gasteiger partial charge in [-0.25, -0.2) is 4.79 Å². The van der Waals surface area contributed by atoms with E-state index in [4.69, 9.17) is 0 Å². The Hall–Kier alpha value is -1.36. The average Bonchev–Trinajstić information content (AvgIpc) is 2.74. The van der Waals surface area contributed by atoms with Crippen molar-refractivity contribution in [2.75, 3.05) is 32.7 Å². The second-order valence-corrected chi connectivity index (χ2v) is 7.61. The van der Waals surface area contributed by atoms with Gasteiger partial charge in [0.25, 0.3) is 5.91 Å². The highest BCUT2D eigenvalue weighted by molar-refractivity contribution is 6.07. The number of hydrogen-bond acceptors (Lipinski definition) is 3. The number of carbonyl (C=O) groups is 2. The molecular formula is C19H33N3O2. The third kappa shape index (κ3) is 3.51. The molecule has 2 fully saturated rings. The Morgan fingerprint density at radius 2 is 1.88 bits per heavy atom. The molecule has 0 aromatic heterocycles. The highest BCUT2D eigenvalue weighted by Gasteiger charge is 2.57. The predicted molar refractivity (Wildman–Crippen MR) is 96.8 cm³/mol. The smallest absolute Gasteiger partial charge is 0.309 e. The number of rotatable bonds is 6. The van der Waals surface area contributed by atoms with Gasteiger partial charge in [0, 0.05) is 32.7 Å². The van der Waals surface area contributed by atoms with Crippen molar-refractivity contribution < 1.29 is 9.59 Å². The van der Waals surface area contributed by atoms with E-state index in [2.05, 4.69) is 38.7 Å². The normalized spacial score (nSPS) is 22.3. The summed E-state index contributed by atoms with van der Waals surface area (Å²) in [5.74, 6) is 0.555. The molecule has 2 heterocycles. The Balaban J connectivity index is 2.15. The molecule has 2 aliphatic rings. The summed E-state index contributed by atoms with van der Waals surface area (Å²) in [5, 5.41) is 0. The van der Waals surface area contributed by atoms with Gasteiger partial charge in [-0.2, -0.15) is 0 Å². The maximum absolute atomic E-state index is 13.0. The summed E-state index contributed by atoms with van der Waals surface area (Å²) in [6.45, 7) is 14.3. The molecule has 5 heteroatoms. The van der Waals surface area contributed by atoms with E-state index in [9.17, 15) is 9.59 Å². The van der Waals surface area contributed by atoms with Crippen LogP contribution in [0.5, 0.6) is 0 Å². The number of nitrogens with zero attached hydrogens (tertiary/aromatic N) is 3. The molecule has 0 bridgehead atoms. The van der Waals surface area contributed by atoms with Crippen LogP contribution in [0.15, 0.2) is 11.6 Å². The molecular weight excluding hydrogens is 302 g/mol. The molecule has 0 radical (unpaired) electrons. The third-order valence-electron chi connectivity index (χ3n) is 5.52. The van der Waals surface area contributed by atoms with Gasteiger partial charge in [-0.05, 0) is 46.0 Å². The van der Waals surface area contributed by atoms with Crippen molar-refractivity contribution >= 4 is 11.9 Å². The third-order valence-corrected chi connectivity index (χ3v) is 5.52. The molecule has 0 aromatic rings. The van der Waals surface area contributed by atoms with Crippen LogP contribution in [0.25, 0.3) is 0 Å². The molecule has 0 N–H and O–H groups in total. The number of allylic oxidation sites excluding steroid dienone is 1. The second kappa shape index (κ2) is 7.68. The van der Waals surface area contributed by atoms with Gasteiger partial charge < -0.3 is 4.90 Å². The van der Waals surface area contributed by atoms with Gasteiger partial charge >= 0.3 is 6.03 Å². The zero-order valence-electron chi connectivity index (χ0n) is 16.0. The van der Waals surface area contributed by atoms with Crippen LogP contribution in [-0.2, 0) is 4.79 Å². The monoisotopic (exact) mass is 335 g/mol. The molecule has 5 nitrogen and oxygen atoms in total. The fourth-order valence-corrected chi connectivity index (χ4v) is 3.77. The summed E-state index contributed by atoms with van der Waals surface area (Å²) in [4.78, 5) is 31.5. The Morgan fingerprint density at radius 3 is 2.38 bits per heavy atom. The lowest BCUT2D eigenvalue weighted by Crippen LogP contribution is -2.57. The Labute approximate surface area is 146 Å². The van der Waals surface area contributed by atoms with E-state index in [-0.39, 0.29) is 11.9 Å². The molecule has 0 atom stereocenters. The van der Waals surface area contributed by atoms with Gasteiger partial charge in [-0.15, -0.1) is 0 Å². The number of imide groups is 1. The first kappa shape index (κ1) is 19.0. The lowest BCUT2D eigenvalue weighted by atomic mass is 9.85. The number of likely N-dealkylation sites (tertiary alicyclic amines) is 1. The molecule has 3 amide bonds. The van der Waals surface area contributed by atoms with Gasteiger partial charge in [0.1, 0.15) is 5.54 Å². The van der Waals surface area contributed by atoms with Crippen LogP contribution in [0, 0.1) is 5.92 Å². The molecule has 136 valence electrons. The van der Waals surface area contributed by atoms with Gasteiger partial charge in [0.05, 0.1) is 0 Å². The Kier molecular flexibility index (Phi) is 6.07. The highest BCUT2D eigenvalue weighted by Crippen LogP contribution is 2.37. The number of amides is 3. The standard InChI is InChI=1S/C19H33N3O2/c1-6-16(5)14-20-12-9-19(10-13-20)17(23)21(7-2)18(24)22(19)11-8-15(3)4/h6,15H,7-14H2,1-5H3/b16-6+. The van der Waals surface area contributed by atoms with Gasteiger partial charge in [0.15, 0.2) is 0 Å². The summed E-state index contributed by atoms with van der Waals surface area (Å²) in [6, 6.07) is -0.0822. The largest absolute Gasteiger partial charge is 0.327 e. The van der Waals surface area contributed by atoms with Crippen molar-refractivity contribution in [2.45, 2.75) is 59.4 Å². The zero-order chi connectivity index (χ0) is 17.9. The first-order valence-electron chi connectivity index (χ1n) is 9.33. The minimum Gasteiger partial charge on any atom is -0.309 e. The first-order valence-corrected chi connectivity index (χ1v) is 9.33. The van der Waals surface area contributed by atoms with E-state index in [0.29, 0.717) is 19.0 Å². The van der Waals surface area contributed by atoms with Crippen LogP contribution in [0.1, 0.15) is 53.9 Å². The molecule has 0 unspecified atom stereocenters. The van der Waals surface area contributed by atoms with Crippen molar-refractivity contribution in [3.05, 3.63) is 11.6 Å². The maximum atomic E-state index is 13.0. The predicted octanol–water partition coefficient (Wildman–Crippen LogP) is 3.12. The molecule has 1 spiro atoms. The number of hydrogen-bond donors (Lipinski definition) is 0. The van der Waals surface area contributed by atoms with E-state index in [1.807, 2.05) is 11.8 Å². The number of likely N-dealkylation sites (N-methyl/N-ethyl adjacent to an activating group) is 1. The molecule has 2 aliphatic heterocycles. The van der Waals surface area contributed by atoms with Crippen molar-refractivity contribution in [1.29, 1.82) is 0 Å². The quantitative estimate of drug-likeness (QED) is 0.553. The molecule has 0 saturated carbocycles. The first-order chi connectivity index (χ1) is 11.4. The van der Waals surface area contributed by atoms with Crippen molar-refractivity contribution in [2.24, 2.45) is 5.92 Å². The summed E-state index contributed by atoms with van der Waals surface area (Å²) in [7, 11) is 0. The number of urea groups is 1. The van der Waals surface area contributed by atoms with Crippen LogP contribution in [0.4, 0.5) is 4.79 Å². The van der Waals surface area contributed by atoms with Crippen LogP contribution >= 0.6 is 0 Å². The topological polar surface area (TPSA) is 43.9 Å². The van der Waals surface area contributed by atoms with Crippen LogP contribution in [0.3, 0.4) is 0 Å². The summed E-state index contributed by atoms with van der Waals surface area (Å²) in [6.07, 6.45) is 4.59. The van der Waals surface area contributed by atoms with Crippen LogP contribution in [0.2, 0.25) is 0 Å². The fourth-order valence-electron chi connectivity index (χ4n) is 3.77. The summed E-state index contributed by atoms with van der Waals surface area (Å²) in [5.41, 5.74) is 0.758. The van der Waals surface area contributed by atoms with E-state index >= 15 is 0 Å². The molecule has 0 aliphatic carbocycles. The fraction of sp³-hybridized carbons (Fsp3) is 0.789. The second-order valence-electron chi connectivity index (χ2n) is 7.61. The average molecular weight is 335 g/mol. The minimum atomic E-state index is -0.595.